The fourth-order valence-electron chi connectivity index (χ4n) is 4.39. The number of hydrogen-bond donors (Lipinski definition) is 0. The number of carbonyl (C=O) groups is 1. The summed E-state index contributed by atoms with van der Waals surface area (Å²) in [7, 11) is -2.34. The fourth-order valence-corrected chi connectivity index (χ4v) is 5.87. The van der Waals surface area contributed by atoms with Crippen LogP contribution in [0.15, 0.2) is 90.0 Å². The zero-order valence-corrected chi connectivity index (χ0v) is 21.3. The van der Waals surface area contributed by atoms with Crippen LogP contribution in [0.3, 0.4) is 0 Å². The molecule has 0 atom stereocenters. The van der Waals surface area contributed by atoms with E-state index in [0.717, 1.165) is 24.2 Å². The number of rotatable bonds is 5. The molecule has 1 fully saturated rings. The monoisotopic (exact) mass is 520 g/mol. The van der Waals surface area contributed by atoms with Gasteiger partial charge in [0.1, 0.15) is 4.90 Å². The molecule has 9 heteroatoms. The molecule has 3 aromatic carbocycles. The van der Waals surface area contributed by atoms with Crippen LogP contribution in [0.5, 0.6) is 0 Å². The highest BCUT2D eigenvalue weighted by Gasteiger charge is 2.26. The fraction of sp³-hybridized carbons (Fsp3) is 0.185. The minimum Gasteiger partial charge on any atom is -0.368 e. The van der Waals surface area contributed by atoms with Gasteiger partial charge in [-0.3, -0.25) is 14.1 Å². The molecule has 1 amide bonds. The standard InChI is InChI=1S/C27H25ClN4O3S/c1-30(36(34,35)25-6-2-4-20-5-3-15-29-26(20)25)23-11-7-21(8-12-23)27(33)32-18-16-31(17-19-32)24-13-9-22(28)10-14-24/h2-15H,16-19H2,1H3. The van der Waals surface area contributed by atoms with E-state index < -0.39 is 10.0 Å². The predicted octanol–water partition coefficient (Wildman–Crippen LogP) is 4.68. The lowest BCUT2D eigenvalue weighted by Gasteiger charge is -2.36. The van der Waals surface area contributed by atoms with Crippen molar-refractivity contribution in [1.82, 2.24) is 9.88 Å². The molecule has 0 aliphatic carbocycles. The van der Waals surface area contributed by atoms with Crippen molar-refractivity contribution in [2.75, 3.05) is 42.4 Å². The number of aromatic nitrogens is 1. The molecule has 0 bridgehead atoms. The quantitative estimate of drug-likeness (QED) is 0.382. The van der Waals surface area contributed by atoms with Crippen LogP contribution in [0.4, 0.5) is 11.4 Å². The summed E-state index contributed by atoms with van der Waals surface area (Å²) >= 11 is 5.98. The molecule has 184 valence electrons. The van der Waals surface area contributed by atoms with Crippen LogP contribution in [-0.2, 0) is 10.0 Å². The number of benzene rings is 3. The van der Waals surface area contributed by atoms with Crippen molar-refractivity contribution in [3.05, 3.63) is 95.6 Å². The van der Waals surface area contributed by atoms with Gasteiger partial charge in [0.2, 0.25) is 0 Å². The Labute approximate surface area is 215 Å². The zero-order valence-electron chi connectivity index (χ0n) is 19.7. The number of pyridine rings is 1. The number of anilines is 2. The van der Waals surface area contributed by atoms with Crippen LogP contribution < -0.4 is 9.21 Å². The third kappa shape index (κ3) is 4.62. The van der Waals surface area contributed by atoms with Crippen molar-refractivity contribution < 1.29 is 13.2 Å². The average molecular weight is 521 g/mol. The molecule has 0 radical (unpaired) electrons. The molecule has 7 nitrogen and oxygen atoms in total. The Morgan fingerprint density at radius 3 is 2.25 bits per heavy atom. The van der Waals surface area contributed by atoms with Gasteiger partial charge < -0.3 is 9.80 Å². The van der Waals surface area contributed by atoms with Crippen LogP contribution >= 0.6 is 11.6 Å². The van der Waals surface area contributed by atoms with Gasteiger partial charge in [0.25, 0.3) is 15.9 Å². The van der Waals surface area contributed by atoms with Crippen molar-refractivity contribution in [2.24, 2.45) is 0 Å². The molecule has 5 rings (SSSR count). The Bertz CT molecular complexity index is 1500. The first-order chi connectivity index (χ1) is 17.3. The summed E-state index contributed by atoms with van der Waals surface area (Å²) in [4.78, 5) is 21.6. The molecule has 0 N–H and O–H groups in total. The number of carbonyl (C=O) groups excluding carboxylic acids is 1. The molecule has 1 aliphatic heterocycles. The molecule has 1 aliphatic rings. The second kappa shape index (κ2) is 9.79. The van der Waals surface area contributed by atoms with Crippen LogP contribution in [-0.4, -0.2) is 57.4 Å². The first-order valence-electron chi connectivity index (χ1n) is 11.6. The SMILES string of the molecule is CN(c1ccc(C(=O)N2CCN(c3ccc(Cl)cc3)CC2)cc1)S(=O)(=O)c1cccc2cccnc12. The number of para-hydroxylation sites is 1. The van der Waals surface area contributed by atoms with E-state index in [2.05, 4.69) is 9.88 Å². The van der Waals surface area contributed by atoms with Crippen LogP contribution in [0, 0.1) is 0 Å². The maximum absolute atomic E-state index is 13.4. The summed E-state index contributed by atoms with van der Waals surface area (Å²) in [5, 5.41) is 1.45. The summed E-state index contributed by atoms with van der Waals surface area (Å²) in [6, 6.07) is 23.1. The molecule has 2 heterocycles. The van der Waals surface area contributed by atoms with Gasteiger partial charge in [-0.1, -0.05) is 29.8 Å². The smallest absolute Gasteiger partial charge is 0.266 e. The van der Waals surface area contributed by atoms with Gasteiger partial charge in [-0.2, -0.15) is 0 Å². The summed E-state index contributed by atoms with van der Waals surface area (Å²) in [6.45, 7) is 2.66. The van der Waals surface area contributed by atoms with Crippen LogP contribution in [0.25, 0.3) is 10.9 Å². The molecule has 1 saturated heterocycles. The van der Waals surface area contributed by atoms with Gasteiger partial charge >= 0.3 is 0 Å². The molecular weight excluding hydrogens is 496 g/mol. The highest BCUT2D eigenvalue weighted by molar-refractivity contribution is 7.93. The van der Waals surface area contributed by atoms with Crippen molar-refractivity contribution in [3.8, 4) is 0 Å². The van der Waals surface area contributed by atoms with E-state index >= 15 is 0 Å². The molecule has 0 spiro atoms. The molecule has 1 aromatic heterocycles. The number of hydrogen-bond acceptors (Lipinski definition) is 5. The lowest BCUT2D eigenvalue weighted by atomic mass is 10.1. The third-order valence-corrected chi connectivity index (χ3v) is 8.54. The number of piperazine rings is 1. The lowest BCUT2D eigenvalue weighted by Crippen LogP contribution is -2.48. The summed E-state index contributed by atoms with van der Waals surface area (Å²) < 4.78 is 28.0. The van der Waals surface area contributed by atoms with Crippen LogP contribution in [0.1, 0.15) is 10.4 Å². The first-order valence-corrected chi connectivity index (χ1v) is 13.4. The highest BCUT2D eigenvalue weighted by atomic mass is 35.5. The average Bonchev–Trinajstić information content (AvgIpc) is 2.92. The molecule has 36 heavy (non-hydrogen) atoms. The first kappa shape index (κ1) is 24.1. The van der Waals surface area contributed by atoms with E-state index in [1.165, 1.54) is 11.4 Å². The number of halogens is 1. The maximum Gasteiger partial charge on any atom is 0.266 e. The summed E-state index contributed by atoms with van der Waals surface area (Å²) in [5.74, 6) is -0.0685. The molecular formula is C27H25ClN4O3S. The minimum atomic E-state index is -3.85. The van der Waals surface area contributed by atoms with E-state index in [4.69, 9.17) is 11.6 Å². The van der Waals surface area contributed by atoms with Crippen LogP contribution in [0.2, 0.25) is 5.02 Å². The number of nitrogens with zero attached hydrogens (tertiary/aromatic N) is 4. The number of sulfonamides is 1. The molecule has 0 saturated carbocycles. The van der Waals surface area contributed by atoms with E-state index in [1.807, 2.05) is 41.3 Å². The Hall–Kier alpha value is -3.62. The van der Waals surface area contributed by atoms with Gasteiger partial charge in [-0.25, -0.2) is 8.42 Å². The minimum absolute atomic E-state index is 0.0685. The summed E-state index contributed by atoms with van der Waals surface area (Å²) in [6.07, 6.45) is 1.58. The summed E-state index contributed by atoms with van der Waals surface area (Å²) in [5.41, 5.74) is 2.50. The second-order valence-electron chi connectivity index (χ2n) is 8.61. The number of fused-ring (bicyclic) bond motifs is 1. The highest BCUT2D eigenvalue weighted by Crippen LogP contribution is 2.27. The van der Waals surface area contributed by atoms with Gasteiger partial charge in [0.05, 0.1) is 11.2 Å². The van der Waals surface area contributed by atoms with Crippen molar-refractivity contribution in [2.45, 2.75) is 4.90 Å². The largest absolute Gasteiger partial charge is 0.368 e. The van der Waals surface area contributed by atoms with E-state index in [1.54, 1.807) is 48.7 Å². The maximum atomic E-state index is 13.4. The Morgan fingerprint density at radius 2 is 1.56 bits per heavy atom. The van der Waals surface area contributed by atoms with E-state index in [-0.39, 0.29) is 10.8 Å². The number of amides is 1. The Balaban J connectivity index is 1.28. The van der Waals surface area contributed by atoms with Gasteiger partial charge in [-0.15, -0.1) is 0 Å². The van der Waals surface area contributed by atoms with Gasteiger partial charge in [-0.05, 0) is 60.7 Å². The topological polar surface area (TPSA) is 73.8 Å². The van der Waals surface area contributed by atoms with Gasteiger partial charge in [0, 0.05) is 61.1 Å². The molecule has 4 aromatic rings. The second-order valence-corrected chi connectivity index (χ2v) is 11.0. The Kier molecular flexibility index (Phi) is 6.55. The Morgan fingerprint density at radius 1 is 0.889 bits per heavy atom. The van der Waals surface area contributed by atoms with Crippen molar-refractivity contribution in [1.29, 1.82) is 0 Å². The third-order valence-electron chi connectivity index (χ3n) is 6.47. The normalized spacial score (nSPS) is 14.2. The lowest BCUT2D eigenvalue weighted by molar-refractivity contribution is 0.0747. The van der Waals surface area contributed by atoms with Crippen molar-refractivity contribution >= 4 is 49.8 Å². The van der Waals surface area contributed by atoms with Crippen molar-refractivity contribution in [3.63, 3.8) is 0 Å². The zero-order chi connectivity index (χ0) is 25.3. The predicted molar refractivity (Wildman–Crippen MR) is 143 cm³/mol. The molecule has 0 unspecified atom stereocenters. The van der Waals surface area contributed by atoms with E-state index in [0.29, 0.717) is 34.9 Å². The van der Waals surface area contributed by atoms with Gasteiger partial charge in [0.15, 0.2) is 0 Å². The van der Waals surface area contributed by atoms with E-state index in [9.17, 15) is 13.2 Å².